The molecule has 1 heterocycles. The number of amidine groups is 1. The van der Waals surface area contributed by atoms with E-state index in [1.54, 1.807) is 6.26 Å². The van der Waals surface area contributed by atoms with Gasteiger partial charge < -0.3 is 9.32 Å². The highest BCUT2D eigenvalue weighted by Gasteiger charge is 2.22. The second-order valence-corrected chi connectivity index (χ2v) is 4.69. The fourth-order valence-electron chi connectivity index (χ4n) is 1.41. The third-order valence-electron chi connectivity index (χ3n) is 2.34. The summed E-state index contributed by atoms with van der Waals surface area (Å²) in [6.07, 6.45) is 1.67. The molecule has 0 fully saturated rings. The van der Waals surface area contributed by atoms with Crippen molar-refractivity contribution in [2.24, 2.45) is 5.41 Å². The Labute approximate surface area is 91.6 Å². The van der Waals surface area contributed by atoms with Crippen molar-refractivity contribution in [2.75, 3.05) is 6.54 Å². The lowest BCUT2D eigenvalue weighted by atomic mass is 9.94. The van der Waals surface area contributed by atoms with Gasteiger partial charge in [-0.3, -0.25) is 5.41 Å². The van der Waals surface area contributed by atoms with Crippen molar-refractivity contribution < 1.29 is 4.42 Å². The summed E-state index contributed by atoms with van der Waals surface area (Å²) in [6, 6.07) is 3.82. The maximum atomic E-state index is 8.08. The zero-order chi connectivity index (χ0) is 11.5. The summed E-state index contributed by atoms with van der Waals surface area (Å²) in [5.74, 6) is 1.56. The van der Waals surface area contributed by atoms with E-state index in [9.17, 15) is 0 Å². The van der Waals surface area contributed by atoms with E-state index in [0.29, 0.717) is 12.4 Å². The molecule has 0 amide bonds. The molecule has 0 saturated carbocycles. The van der Waals surface area contributed by atoms with Gasteiger partial charge in [0.15, 0.2) is 0 Å². The van der Waals surface area contributed by atoms with Gasteiger partial charge in [0.05, 0.1) is 12.8 Å². The van der Waals surface area contributed by atoms with Crippen LogP contribution in [-0.4, -0.2) is 17.3 Å². The first kappa shape index (κ1) is 11.8. The van der Waals surface area contributed by atoms with Crippen LogP contribution < -0.4 is 0 Å². The maximum Gasteiger partial charge on any atom is 0.123 e. The largest absolute Gasteiger partial charge is 0.467 e. The van der Waals surface area contributed by atoms with Crippen molar-refractivity contribution in [1.29, 1.82) is 5.41 Å². The van der Waals surface area contributed by atoms with Crippen LogP contribution in [0.5, 0.6) is 0 Å². The zero-order valence-corrected chi connectivity index (χ0v) is 10.0. The van der Waals surface area contributed by atoms with Crippen LogP contribution in [0, 0.1) is 10.8 Å². The molecule has 0 bridgehead atoms. The van der Waals surface area contributed by atoms with Gasteiger partial charge in [0.1, 0.15) is 11.6 Å². The van der Waals surface area contributed by atoms with E-state index in [4.69, 9.17) is 9.83 Å². The summed E-state index contributed by atoms with van der Waals surface area (Å²) in [7, 11) is 0. The molecule has 3 nitrogen and oxygen atoms in total. The molecule has 0 aliphatic carbocycles. The van der Waals surface area contributed by atoms with E-state index in [0.717, 1.165) is 12.3 Å². The summed E-state index contributed by atoms with van der Waals surface area (Å²) >= 11 is 0. The van der Waals surface area contributed by atoms with E-state index in [-0.39, 0.29) is 5.41 Å². The van der Waals surface area contributed by atoms with Crippen LogP contribution in [-0.2, 0) is 6.54 Å². The topological polar surface area (TPSA) is 40.2 Å². The highest BCUT2D eigenvalue weighted by Crippen LogP contribution is 2.19. The molecule has 3 heteroatoms. The lowest BCUT2D eigenvalue weighted by Gasteiger charge is -2.31. The van der Waals surface area contributed by atoms with E-state index in [1.807, 2.05) is 17.0 Å². The first-order chi connectivity index (χ1) is 6.95. The van der Waals surface area contributed by atoms with Gasteiger partial charge in [-0.25, -0.2) is 0 Å². The number of nitrogens with one attached hydrogen (secondary N) is 1. The number of nitrogens with zero attached hydrogens (tertiary/aromatic N) is 1. The molecule has 0 aliphatic heterocycles. The van der Waals surface area contributed by atoms with Gasteiger partial charge in [-0.2, -0.15) is 0 Å². The summed E-state index contributed by atoms with van der Waals surface area (Å²) < 4.78 is 5.29. The van der Waals surface area contributed by atoms with Crippen molar-refractivity contribution in [2.45, 2.75) is 34.2 Å². The minimum atomic E-state index is -0.109. The lowest BCUT2D eigenvalue weighted by molar-refractivity contribution is 0.339. The number of furan rings is 1. The van der Waals surface area contributed by atoms with Gasteiger partial charge in [-0.1, -0.05) is 20.8 Å². The highest BCUT2D eigenvalue weighted by molar-refractivity contribution is 5.84. The minimum absolute atomic E-state index is 0.109. The molecule has 1 aromatic heterocycles. The Bertz CT molecular complexity index is 309. The maximum absolute atomic E-state index is 8.08. The molecule has 0 aliphatic rings. The Morgan fingerprint density at radius 1 is 1.47 bits per heavy atom. The van der Waals surface area contributed by atoms with Gasteiger partial charge in [0.2, 0.25) is 0 Å². The van der Waals surface area contributed by atoms with Crippen LogP contribution in [0.3, 0.4) is 0 Å². The van der Waals surface area contributed by atoms with Gasteiger partial charge >= 0.3 is 0 Å². The Hall–Kier alpha value is -1.25. The molecule has 1 rings (SSSR count). The standard InChI is InChI=1S/C12H20N2O/c1-5-14(11(13)12(2,3)4)9-10-7-6-8-15-10/h6-8,13H,5,9H2,1-4H3. The monoisotopic (exact) mass is 208 g/mol. The molecule has 0 radical (unpaired) electrons. The lowest BCUT2D eigenvalue weighted by Crippen LogP contribution is -2.38. The number of rotatable bonds is 3. The molecule has 0 saturated heterocycles. The average Bonchev–Trinajstić information content (AvgIpc) is 2.64. The third kappa shape index (κ3) is 3.11. The molecular weight excluding hydrogens is 188 g/mol. The van der Waals surface area contributed by atoms with E-state index >= 15 is 0 Å². The normalized spacial score (nSPS) is 11.5. The zero-order valence-electron chi connectivity index (χ0n) is 10.0. The molecule has 0 unspecified atom stereocenters. The van der Waals surface area contributed by atoms with E-state index in [1.165, 1.54) is 0 Å². The van der Waals surface area contributed by atoms with Gasteiger partial charge in [0, 0.05) is 12.0 Å². The second kappa shape index (κ2) is 4.51. The van der Waals surface area contributed by atoms with Crippen LogP contribution in [0.2, 0.25) is 0 Å². The van der Waals surface area contributed by atoms with Crippen molar-refractivity contribution >= 4 is 5.84 Å². The van der Waals surface area contributed by atoms with Crippen molar-refractivity contribution in [3.63, 3.8) is 0 Å². The first-order valence-corrected chi connectivity index (χ1v) is 5.31. The van der Waals surface area contributed by atoms with Gasteiger partial charge in [-0.15, -0.1) is 0 Å². The molecule has 0 spiro atoms. The SMILES string of the molecule is CCN(Cc1ccco1)C(=N)C(C)(C)C. The molecule has 0 atom stereocenters. The molecule has 1 aromatic rings. The van der Waals surface area contributed by atoms with Crippen LogP contribution >= 0.6 is 0 Å². The second-order valence-electron chi connectivity index (χ2n) is 4.69. The number of hydrogen-bond donors (Lipinski definition) is 1. The Kier molecular flexibility index (Phi) is 3.56. The quantitative estimate of drug-likeness (QED) is 0.612. The Morgan fingerprint density at radius 3 is 2.53 bits per heavy atom. The van der Waals surface area contributed by atoms with E-state index in [2.05, 4.69) is 27.7 Å². The highest BCUT2D eigenvalue weighted by atomic mass is 16.3. The summed E-state index contributed by atoms with van der Waals surface area (Å²) in [5, 5.41) is 8.08. The molecule has 84 valence electrons. The fraction of sp³-hybridized carbons (Fsp3) is 0.583. The third-order valence-corrected chi connectivity index (χ3v) is 2.34. The van der Waals surface area contributed by atoms with Crippen LogP contribution in [0.15, 0.2) is 22.8 Å². The van der Waals surface area contributed by atoms with E-state index < -0.39 is 0 Å². The molecule has 1 N–H and O–H groups in total. The summed E-state index contributed by atoms with van der Waals surface area (Å²) in [6.45, 7) is 9.74. The van der Waals surface area contributed by atoms with Crippen molar-refractivity contribution in [1.82, 2.24) is 4.90 Å². The molecule has 0 aromatic carbocycles. The number of hydrogen-bond acceptors (Lipinski definition) is 2. The van der Waals surface area contributed by atoms with Crippen LogP contribution in [0.1, 0.15) is 33.5 Å². The van der Waals surface area contributed by atoms with Gasteiger partial charge in [0.25, 0.3) is 0 Å². The average molecular weight is 208 g/mol. The minimum Gasteiger partial charge on any atom is -0.467 e. The summed E-state index contributed by atoms with van der Waals surface area (Å²) in [4.78, 5) is 2.03. The first-order valence-electron chi connectivity index (χ1n) is 5.31. The predicted octanol–water partition coefficient (Wildman–Crippen LogP) is 3.12. The smallest absolute Gasteiger partial charge is 0.123 e. The van der Waals surface area contributed by atoms with Gasteiger partial charge in [-0.05, 0) is 19.1 Å². The van der Waals surface area contributed by atoms with Crippen LogP contribution in [0.25, 0.3) is 0 Å². The predicted molar refractivity (Wildman–Crippen MR) is 62.0 cm³/mol. The fourth-order valence-corrected chi connectivity index (χ4v) is 1.41. The Morgan fingerprint density at radius 2 is 2.13 bits per heavy atom. The van der Waals surface area contributed by atoms with Crippen LogP contribution in [0.4, 0.5) is 0 Å². The summed E-state index contributed by atoms with van der Waals surface area (Å²) in [5.41, 5.74) is -0.109. The van der Waals surface area contributed by atoms with Crippen molar-refractivity contribution in [3.8, 4) is 0 Å². The Balaban J connectivity index is 2.69. The van der Waals surface area contributed by atoms with Crippen molar-refractivity contribution in [3.05, 3.63) is 24.2 Å². The molecule has 15 heavy (non-hydrogen) atoms. The molecular formula is C12H20N2O.